The van der Waals surface area contributed by atoms with Gasteiger partial charge in [0.05, 0.1) is 0 Å². The van der Waals surface area contributed by atoms with Gasteiger partial charge in [0.2, 0.25) is 0 Å². The van der Waals surface area contributed by atoms with Crippen molar-refractivity contribution < 1.29 is 14.4 Å². The summed E-state index contributed by atoms with van der Waals surface area (Å²) >= 11 is 0. The van der Waals surface area contributed by atoms with Crippen molar-refractivity contribution in [3.63, 3.8) is 0 Å². The lowest BCUT2D eigenvalue weighted by molar-refractivity contribution is -0.108. The molecule has 0 atom stereocenters. The van der Waals surface area contributed by atoms with E-state index in [0.29, 0.717) is 17.4 Å². The molecule has 0 radical (unpaired) electrons. The third-order valence-electron chi connectivity index (χ3n) is 2.82. The highest BCUT2D eigenvalue weighted by atomic mass is 16.2. The van der Waals surface area contributed by atoms with E-state index in [2.05, 4.69) is 0 Å². The van der Waals surface area contributed by atoms with E-state index in [1.54, 1.807) is 60.7 Å². The van der Waals surface area contributed by atoms with Gasteiger partial charge in [0.1, 0.15) is 12.2 Å². The van der Waals surface area contributed by atoms with Gasteiger partial charge < -0.3 is 4.79 Å². The van der Waals surface area contributed by atoms with Crippen molar-refractivity contribution in [1.82, 2.24) is 0 Å². The molecule has 0 N–H and O–H groups in total. The van der Waals surface area contributed by atoms with E-state index in [4.69, 9.17) is 0 Å². The van der Waals surface area contributed by atoms with Crippen LogP contribution in [0.1, 0.15) is 20.7 Å². The summed E-state index contributed by atoms with van der Waals surface area (Å²) < 4.78 is 0. The first kappa shape index (κ1) is 12.9. The predicted octanol–water partition coefficient (Wildman–Crippen LogP) is 2.57. The number of rotatable bonds is 5. The summed E-state index contributed by atoms with van der Waals surface area (Å²) in [6, 6.07) is 16.7. The highest BCUT2D eigenvalue weighted by Gasteiger charge is 2.27. The minimum Gasteiger partial charge on any atom is -0.302 e. The molecule has 0 saturated carbocycles. The number of Topliss-reactive ketones (excluding diaryl/α,β-unsaturated/α-hetero) is 2. The third kappa shape index (κ3) is 2.83. The first-order valence-electron chi connectivity index (χ1n) is 5.88. The second-order valence-corrected chi connectivity index (χ2v) is 4.07. The minimum atomic E-state index is -1.27. The van der Waals surface area contributed by atoms with E-state index in [1.807, 2.05) is 0 Å². The van der Waals surface area contributed by atoms with Crippen LogP contribution in [0.25, 0.3) is 0 Å². The normalized spacial score (nSPS) is 10.2. The maximum Gasteiger partial charge on any atom is 0.180 e. The second-order valence-electron chi connectivity index (χ2n) is 4.07. The Morgan fingerprint density at radius 2 is 1.11 bits per heavy atom. The van der Waals surface area contributed by atoms with Gasteiger partial charge in [-0.2, -0.15) is 0 Å². The standard InChI is InChI=1S/C16H12O3/c17-11-14(15(18)12-7-3-1-4-8-12)16(19)13-9-5-2-6-10-13/h1-11,14H. The smallest absolute Gasteiger partial charge is 0.180 e. The van der Waals surface area contributed by atoms with Crippen LogP contribution < -0.4 is 0 Å². The molecule has 0 aliphatic heterocycles. The highest BCUT2D eigenvalue weighted by Crippen LogP contribution is 2.13. The Hall–Kier alpha value is -2.55. The Morgan fingerprint density at radius 1 is 0.737 bits per heavy atom. The van der Waals surface area contributed by atoms with E-state index in [1.165, 1.54) is 0 Å². The van der Waals surface area contributed by atoms with Crippen molar-refractivity contribution >= 4 is 17.9 Å². The van der Waals surface area contributed by atoms with Crippen molar-refractivity contribution in [2.75, 3.05) is 0 Å². The molecule has 2 aromatic carbocycles. The van der Waals surface area contributed by atoms with E-state index in [0.717, 1.165) is 0 Å². The van der Waals surface area contributed by atoms with E-state index in [9.17, 15) is 14.4 Å². The van der Waals surface area contributed by atoms with Crippen molar-refractivity contribution in [1.29, 1.82) is 0 Å². The number of benzene rings is 2. The molecular weight excluding hydrogens is 240 g/mol. The van der Waals surface area contributed by atoms with Crippen LogP contribution in [0.5, 0.6) is 0 Å². The van der Waals surface area contributed by atoms with Crippen LogP contribution in [0.2, 0.25) is 0 Å². The average Bonchev–Trinajstić information content (AvgIpc) is 2.49. The molecule has 0 fully saturated rings. The van der Waals surface area contributed by atoms with Crippen LogP contribution in [-0.4, -0.2) is 17.9 Å². The molecule has 0 unspecified atom stereocenters. The van der Waals surface area contributed by atoms with Crippen molar-refractivity contribution in [3.8, 4) is 0 Å². The van der Waals surface area contributed by atoms with Crippen molar-refractivity contribution in [2.24, 2.45) is 5.92 Å². The molecule has 19 heavy (non-hydrogen) atoms. The molecule has 0 spiro atoms. The van der Waals surface area contributed by atoms with E-state index < -0.39 is 17.5 Å². The summed E-state index contributed by atoms with van der Waals surface area (Å²) in [7, 11) is 0. The largest absolute Gasteiger partial charge is 0.302 e. The summed E-state index contributed by atoms with van der Waals surface area (Å²) in [6.45, 7) is 0. The third-order valence-corrected chi connectivity index (χ3v) is 2.82. The number of hydrogen-bond donors (Lipinski definition) is 0. The van der Waals surface area contributed by atoms with Gasteiger partial charge in [0.25, 0.3) is 0 Å². The molecule has 0 aliphatic carbocycles. The van der Waals surface area contributed by atoms with E-state index in [-0.39, 0.29) is 0 Å². The molecule has 0 heterocycles. The number of ketones is 2. The fourth-order valence-corrected chi connectivity index (χ4v) is 1.81. The van der Waals surface area contributed by atoms with Gasteiger partial charge in [0.15, 0.2) is 11.6 Å². The maximum atomic E-state index is 12.1. The Balaban J connectivity index is 2.29. The topological polar surface area (TPSA) is 51.2 Å². The fourth-order valence-electron chi connectivity index (χ4n) is 1.81. The molecule has 94 valence electrons. The number of aldehydes is 1. The molecule has 0 aromatic heterocycles. The van der Waals surface area contributed by atoms with Crippen LogP contribution in [0.15, 0.2) is 60.7 Å². The molecule has 3 nitrogen and oxygen atoms in total. The quantitative estimate of drug-likeness (QED) is 0.467. The Labute approximate surface area is 110 Å². The summed E-state index contributed by atoms with van der Waals surface area (Å²) in [5, 5.41) is 0. The SMILES string of the molecule is O=CC(C(=O)c1ccccc1)C(=O)c1ccccc1. The van der Waals surface area contributed by atoms with Gasteiger partial charge in [-0.25, -0.2) is 0 Å². The molecule has 0 amide bonds. The van der Waals surface area contributed by atoms with Crippen LogP contribution in [-0.2, 0) is 4.79 Å². The zero-order valence-electron chi connectivity index (χ0n) is 10.2. The van der Waals surface area contributed by atoms with Gasteiger partial charge >= 0.3 is 0 Å². The van der Waals surface area contributed by atoms with Crippen LogP contribution in [0.3, 0.4) is 0 Å². The van der Waals surface area contributed by atoms with Crippen LogP contribution in [0, 0.1) is 5.92 Å². The molecule has 0 aliphatic rings. The lowest BCUT2D eigenvalue weighted by Gasteiger charge is -2.08. The van der Waals surface area contributed by atoms with Gasteiger partial charge in [-0.1, -0.05) is 60.7 Å². The lowest BCUT2D eigenvalue weighted by atomic mass is 9.91. The Kier molecular flexibility index (Phi) is 3.98. The average molecular weight is 252 g/mol. The first-order chi connectivity index (χ1) is 9.24. The molecule has 0 saturated heterocycles. The minimum absolute atomic E-state index is 0.365. The monoisotopic (exact) mass is 252 g/mol. The maximum absolute atomic E-state index is 12.1. The molecular formula is C16H12O3. The first-order valence-corrected chi connectivity index (χ1v) is 5.88. The summed E-state index contributed by atoms with van der Waals surface area (Å²) in [5.41, 5.74) is 0.729. The second kappa shape index (κ2) is 5.87. The molecule has 2 rings (SSSR count). The zero-order chi connectivity index (χ0) is 13.7. The Morgan fingerprint density at radius 3 is 1.42 bits per heavy atom. The summed E-state index contributed by atoms with van der Waals surface area (Å²) in [6.07, 6.45) is 0.407. The lowest BCUT2D eigenvalue weighted by Crippen LogP contribution is -2.25. The Bertz CT molecular complexity index is 536. The van der Waals surface area contributed by atoms with Gasteiger partial charge in [-0.15, -0.1) is 0 Å². The van der Waals surface area contributed by atoms with Crippen LogP contribution in [0.4, 0.5) is 0 Å². The fraction of sp³-hybridized carbons (Fsp3) is 0.0625. The molecule has 0 bridgehead atoms. The number of carbonyl (C=O) groups excluding carboxylic acids is 3. The molecule has 2 aromatic rings. The van der Waals surface area contributed by atoms with Gasteiger partial charge in [-0.05, 0) is 0 Å². The highest BCUT2D eigenvalue weighted by molar-refractivity contribution is 6.23. The molecule has 3 heteroatoms. The van der Waals surface area contributed by atoms with Crippen molar-refractivity contribution in [3.05, 3.63) is 71.8 Å². The summed E-state index contributed by atoms with van der Waals surface area (Å²) in [4.78, 5) is 35.4. The van der Waals surface area contributed by atoms with Crippen molar-refractivity contribution in [2.45, 2.75) is 0 Å². The summed E-state index contributed by atoms with van der Waals surface area (Å²) in [5.74, 6) is -2.21. The number of carbonyl (C=O) groups is 3. The number of hydrogen-bond acceptors (Lipinski definition) is 3. The van der Waals surface area contributed by atoms with E-state index >= 15 is 0 Å². The predicted molar refractivity (Wildman–Crippen MR) is 71.1 cm³/mol. The van der Waals surface area contributed by atoms with Crippen LogP contribution >= 0.6 is 0 Å². The zero-order valence-corrected chi connectivity index (χ0v) is 10.2. The van der Waals surface area contributed by atoms with Gasteiger partial charge in [-0.3, -0.25) is 9.59 Å². The van der Waals surface area contributed by atoms with Gasteiger partial charge in [0, 0.05) is 11.1 Å².